The van der Waals surface area contributed by atoms with Gasteiger partial charge in [0, 0.05) is 6.42 Å². The Hall–Kier alpha value is -2.73. The molecule has 12 heteroatoms. The molecule has 0 aliphatic heterocycles. The number of aliphatic hydroxyl groups excluding tert-OH is 1. The highest BCUT2D eigenvalue weighted by Crippen LogP contribution is 2.08. The van der Waals surface area contributed by atoms with Gasteiger partial charge in [0.25, 0.3) is 0 Å². The number of rotatable bonds is 14. The number of amides is 3. The third-order valence-corrected chi connectivity index (χ3v) is 4.89. The van der Waals surface area contributed by atoms with Gasteiger partial charge in [0.05, 0.1) is 12.6 Å². The number of nitrogens with one attached hydrogen (secondary N) is 3. The first-order valence-corrected chi connectivity index (χ1v) is 10.1. The fourth-order valence-electron chi connectivity index (χ4n) is 2.51. The fourth-order valence-corrected chi connectivity index (χ4v) is 2.51. The van der Waals surface area contributed by atoms with Gasteiger partial charge in [0.1, 0.15) is 18.1 Å². The van der Waals surface area contributed by atoms with Crippen molar-refractivity contribution in [2.75, 3.05) is 6.61 Å². The lowest BCUT2D eigenvalue weighted by molar-refractivity contribution is -0.144. The van der Waals surface area contributed by atoms with Crippen LogP contribution in [0.2, 0.25) is 0 Å². The van der Waals surface area contributed by atoms with Crippen molar-refractivity contribution in [2.24, 2.45) is 17.6 Å². The number of carboxylic acid groups (broad SMARTS) is 2. The summed E-state index contributed by atoms with van der Waals surface area (Å²) in [5.74, 6) is -5.62. The standard InChI is InChI=1S/C19H34N4O8/c1-5-10(4)15(19(30)31)23-17(28)12(8-24)22-16(27)11(6-7-13(25)26)21-18(29)14(20)9(2)3/h9-12,14-15,24H,5-8,20H2,1-4H3,(H,21,29)(H,22,27)(H,23,28)(H,25,26)(H,30,31). The van der Waals surface area contributed by atoms with Crippen LogP contribution < -0.4 is 21.7 Å². The molecule has 3 amide bonds. The van der Waals surface area contributed by atoms with Gasteiger partial charge in [-0.1, -0.05) is 34.1 Å². The monoisotopic (exact) mass is 446 g/mol. The Morgan fingerprint density at radius 3 is 1.81 bits per heavy atom. The van der Waals surface area contributed by atoms with Gasteiger partial charge in [-0.05, 0) is 18.3 Å². The van der Waals surface area contributed by atoms with Crippen LogP contribution in [0.15, 0.2) is 0 Å². The molecule has 178 valence electrons. The highest BCUT2D eigenvalue weighted by molar-refractivity contribution is 5.94. The van der Waals surface area contributed by atoms with E-state index in [9.17, 15) is 34.2 Å². The fraction of sp³-hybridized carbons (Fsp3) is 0.737. The first kappa shape index (κ1) is 28.3. The molecule has 0 spiro atoms. The Morgan fingerprint density at radius 2 is 1.39 bits per heavy atom. The molecule has 0 radical (unpaired) electrons. The van der Waals surface area contributed by atoms with Crippen molar-refractivity contribution in [1.29, 1.82) is 0 Å². The number of nitrogens with two attached hydrogens (primary N) is 1. The van der Waals surface area contributed by atoms with Crippen LogP contribution in [0.1, 0.15) is 47.0 Å². The molecular weight excluding hydrogens is 412 g/mol. The second-order valence-electron chi connectivity index (χ2n) is 7.72. The van der Waals surface area contributed by atoms with Gasteiger partial charge in [0.15, 0.2) is 0 Å². The van der Waals surface area contributed by atoms with Gasteiger partial charge in [-0.15, -0.1) is 0 Å². The second kappa shape index (κ2) is 13.5. The lowest BCUT2D eigenvalue weighted by atomic mass is 9.99. The lowest BCUT2D eigenvalue weighted by Gasteiger charge is -2.26. The van der Waals surface area contributed by atoms with E-state index >= 15 is 0 Å². The van der Waals surface area contributed by atoms with Gasteiger partial charge >= 0.3 is 11.9 Å². The normalized spacial score (nSPS) is 15.8. The molecule has 31 heavy (non-hydrogen) atoms. The highest BCUT2D eigenvalue weighted by atomic mass is 16.4. The predicted octanol–water partition coefficient (Wildman–Crippen LogP) is -1.59. The van der Waals surface area contributed by atoms with Crippen molar-refractivity contribution in [3.05, 3.63) is 0 Å². The summed E-state index contributed by atoms with van der Waals surface area (Å²) in [6.07, 6.45) is -0.255. The second-order valence-corrected chi connectivity index (χ2v) is 7.72. The van der Waals surface area contributed by atoms with Crippen molar-refractivity contribution < 1.29 is 39.3 Å². The summed E-state index contributed by atoms with van der Waals surface area (Å²) in [5, 5.41) is 34.5. The largest absolute Gasteiger partial charge is 0.481 e. The molecule has 0 fully saturated rings. The average molecular weight is 447 g/mol. The van der Waals surface area contributed by atoms with Crippen LogP contribution in [0, 0.1) is 11.8 Å². The molecule has 0 rings (SSSR count). The van der Waals surface area contributed by atoms with Gasteiger partial charge in [-0.2, -0.15) is 0 Å². The molecule has 0 bridgehead atoms. The first-order chi connectivity index (χ1) is 14.3. The molecule has 0 saturated carbocycles. The quantitative estimate of drug-likeness (QED) is 0.164. The van der Waals surface area contributed by atoms with Gasteiger partial charge in [0.2, 0.25) is 17.7 Å². The van der Waals surface area contributed by atoms with Crippen LogP contribution >= 0.6 is 0 Å². The summed E-state index contributed by atoms with van der Waals surface area (Å²) in [6.45, 7) is 5.92. The van der Waals surface area contributed by atoms with E-state index in [2.05, 4.69) is 16.0 Å². The smallest absolute Gasteiger partial charge is 0.326 e. The summed E-state index contributed by atoms with van der Waals surface area (Å²) < 4.78 is 0. The van der Waals surface area contributed by atoms with E-state index in [-0.39, 0.29) is 12.3 Å². The zero-order valence-corrected chi connectivity index (χ0v) is 18.3. The van der Waals surface area contributed by atoms with Crippen molar-refractivity contribution in [3.8, 4) is 0 Å². The van der Waals surface area contributed by atoms with E-state index in [1.54, 1.807) is 27.7 Å². The van der Waals surface area contributed by atoms with Crippen molar-refractivity contribution in [2.45, 2.75) is 71.1 Å². The molecule has 0 aliphatic rings. The van der Waals surface area contributed by atoms with E-state index in [4.69, 9.17) is 10.8 Å². The molecule has 5 unspecified atom stereocenters. The summed E-state index contributed by atoms with van der Waals surface area (Å²) in [4.78, 5) is 59.5. The van der Waals surface area contributed by atoms with Crippen molar-refractivity contribution in [3.63, 3.8) is 0 Å². The van der Waals surface area contributed by atoms with Gasteiger partial charge < -0.3 is 37.0 Å². The molecule has 8 N–H and O–H groups in total. The van der Waals surface area contributed by atoms with Crippen LogP contribution in [0.4, 0.5) is 0 Å². The summed E-state index contributed by atoms with van der Waals surface area (Å²) in [6, 6.07) is -4.99. The minimum atomic E-state index is -1.50. The Balaban J connectivity index is 5.35. The number of aliphatic hydroxyl groups is 1. The molecule has 0 aliphatic carbocycles. The molecule has 0 aromatic heterocycles. The first-order valence-electron chi connectivity index (χ1n) is 10.1. The molecule has 0 saturated heterocycles. The molecular formula is C19H34N4O8. The van der Waals surface area contributed by atoms with Crippen LogP contribution in [0.5, 0.6) is 0 Å². The van der Waals surface area contributed by atoms with E-state index in [0.717, 1.165) is 0 Å². The van der Waals surface area contributed by atoms with Gasteiger partial charge in [-0.25, -0.2) is 4.79 Å². The van der Waals surface area contributed by atoms with Crippen molar-refractivity contribution in [1.82, 2.24) is 16.0 Å². The van der Waals surface area contributed by atoms with Crippen molar-refractivity contribution >= 4 is 29.7 Å². The number of hydrogen-bond acceptors (Lipinski definition) is 7. The van der Waals surface area contributed by atoms with E-state index in [1.165, 1.54) is 0 Å². The molecule has 0 heterocycles. The van der Waals surface area contributed by atoms with Crippen LogP contribution in [0.3, 0.4) is 0 Å². The number of hydrogen-bond donors (Lipinski definition) is 7. The predicted molar refractivity (Wildman–Crippen MR) is 110 cm³/mol. The minimum Gasteiger partial charge on any atom is -0.481 e. The van der Waals surface area contributed by atoms with Gasteiger partial charge in [-0.3, -0.25) is 19.2 Å². The SMILES string of the molecule is CCC(C)C(NC(=O)C(CO)NC(=O)C(CCC(=O)O)NC(=O)C(N)C(C)C)C(=O)O. The van der Waals surface area contributed by atoms with Crippen LogP contribution in [-0.4, -0.2) is 75.8 Å². The summed E-state index contributed by atoms with van der Waals surface area (Å²) in [5.41, 5.74) is 5.74. The maximum atomic E-state index is 12.6. The third kappa shape index (κ3) is 9.75. The Kier molecular flexibility index (Phi) is 12.4. The average Bonchev–Trinajstić information content (AvgIpc) is 2.70. The number of carbonyl (C=O) groups excluding carboxylic acids is 3. The molecule has 0 aromatic carbocycles. The topological polar surface area (TPSA) is 208 Å². The maximum absolute atomic E-state index is 12.6. The number of carbonyl (C=O) groups is 5. The van der Waals surface area contributed by atoms with Crippen LogP contribution in [-0.2, 0) is 24.0 Å². The molecule has 5 atom stereocenters. The Labute approximate surface area is 180 Å². The van der Waals surface area contributed by atoms with Crippen LogP contribution in [0.25, 0.3) is 0 Å². The number of aliphatic carboxylic acids is 2. The zero-order chi connectivity index (χ0) is 24.3. The zero-order valence-electron chi connectivity index (χ0n) is 18.3. The van der Waals surface area contributed by atoms with E-state index in [1.807, 2.05) is 0 Å². The summed E-state index contributed by atoms with van der Waals surface area (Å²) >= 11 is 0. The minimum absolute atomic E-state index is 0.243. The highest BCUT2D eigenvalue weighted by Gasteiger charge is 2.32. The number of carboxylic acids is 2. The maximum Gasteiger partial charge on any atom is 0.326 e. The Morgan fingerprint density at radius 1 is 0.871 bits per heavy atom. The lowest BCUT2D eigenvalue weighted by Crippen LogP contribution is -2.59. The molecule has 12 nitrogen and oxygen atoms in total. The Bertz CT molecular complexity index is 655. The summed E-state index contributed by atoms with van der Waals surface area (Å²) in [7, 11) is 0. The molecule has 0 aromatic rings. The third-order valence-electron chi connectivity index (χ3n) is 4.89. The van der Waals surface area contributed by atoms with E-state index < -0.39 is 72.8 Å². The van der Waals surface area contributed by atoms with E-state index in [0.29, 0.717) is 6.42 Å².